The van der Waals surface area contributed by atoms with Crippen molar-refractivity contribution in [2.24, 2.45) is 0 Å². The summed E-state index contributed by atoms with van der Waals surface area (Å²) < 4.78 is 0. The van der Waals surface area contributed by atoms with Crippen LogP contribution >= 0.6 is 0 Å². The topological polar surface area (TPSA) is 40.5 Å². The average Bonchev–Trinajstić information content (AvgIpc) is 2.47. The first kappa shape index (κ1) is 14.1. The van der Waals surface area contributed by atoms with Gasteiger partial charge in [0.05, 0.1) is 5.41 Å². The van der Waals surface area contributed by atoms with Crippen LogP contribution in [0.5, 0.6) is 0 Å². The van der Waals surface area contributed by atoms with Crippen molar-refractivity contribution >= 4 is 5.97 Å². The lowest BCUT2D eigenvalue weighted by atomic mass is 9.72. The molecule has 1 aromatic carbocycles. The van der Waals surface area contributed by atoms with Crippen LogP contribution in [0.2, 0.25) is 0 Å². The van der Waals surface area contributed by atoms with E-state index in [1.54, 1.807) is 0 Å². The monoisotopic (exact) mass is 261 g/mol. The van der Waals surface area contributed by atoms with E-state index in [1.807, 2.05) is 30.3 Å². The molecule has 1 aromatic rings. The molecule has 1 aliphatic heterocycles. The first-order valence-corrected chi connectivity index (χ1v) is 7.13. The summed E-state index contributed by atoms with van der Waals surface area (Å²) in [5.41, 5.74) is 0.261. The van der Waals surface area contributed by atoms with Gasteiger partial charge in [0.2, 0.25) is 0 Å². The fourth-order valence-electron chi connectivity index (χ4n) is 2.99. The summed E-state index contributed by atoms with van der Waals surface area (Å²) in [5.74, 6) is -0.678. The molecule has 0 aromatic heterocycles. The van der Waals surface area contributed by atoms with Crippen LogP contribution < -0.4 is 0 Å². The number of nitrogens with zero attached hydrogens (tertiary/aromatic N) is 1. The Kier molecular flexibility index (Phi) is 4.25. The van der Waals surface area contributed by atoms with E-state index in [9.17, 15) is 9.90 Å². The van der Waals surface area contributed by atoms with Crippen molar-refractivity contribution < 1.29 is 9.90 Å². The average molecular weight is 261 g/mol. The maximum Gasteiger partial charge on any atom is 0.314 e. The first-order chi connectivity index (χ1) is 9.10. The Morgan fingerprint density at radius 1 is 1.32 bits per heavy atom. The number of benzene rings is 1. The summed E-state index contributed by atoms with van der Waals surface area (Å²) in [7, 11) is 0. The molecule has 0 saturated carbocycles. The molecule has 19 heavy (non-hydrogen) atoms. The van der Waals surface area contributed by atoms with Crippen molar-refractivity contribution in [3.63, 3.8) is 0 Å². The quantitative estimate of drug-likeness (QED) is 0.906. The van der Waals surface area contributed by atoms with Crippen molar-refractivity contribution in [3.8, 4) is 0 Å². The van der Waals surface area contributed by atoms with E-state index in [1.165, 1.54) is 0 Å². The van der Waals surface area contributed by atoms with Crippen LogP contribution in [0.3, 0.4) is 0 Å². The molecule has 1 aliphatic rings. The first-order valence-electron chi connectivity index (χ1n) is 7.13. The fraction of sp³-hybridized carbons (Fsp3) is 0.562. The predicted molar refractivity (Wildman–Crippen MR) is 76.3 cm³/mol. The van der Waals surface area contributed by atoms with Crippen molar-refractivity contribution in [1.82, 2.24) is 4.90 Å². The van der Waals surface area contributed by atoms with Gasteiger partial charge in [-0.2, -0.15) is 0 Å². The second-order valence-corrected chi connectivity index (χ2v) is 5.55. The second kappa shape index (κ2) is 5.74. The van der Waals surface area contributed by atoms with Gasteiger partial charge in [0, 0.05) is 6.04 Å². The van der Waals surface area contributed by atoms with E-state index in [0.29, 0.717) is 18.9 Å². The molecule has 1 unspecified atom stereocenters. The summed E-state index contributed by atoms with van der Waals surface area (Å²) >= 11 is 0. The molecular weight excluding hydrogens is 238 g/mol. The fourth-order valence-corrected chi connectivity index (χ4v) is 2.99. The number of piperidine rings is 1. The van der Waals surface area contributed by atoms with Gasteiger partial charge in [-0.3, -0.25) is 4.79 Å². The molecule has 1 atom stereocenters. The normalized spacial score (nSPS) is 20.9. The van der Waals surface area contributed by atoms with Crippen molar-refractivity contribution in [3.05, 3.63) is 35.9 Å². The highest BCUT2D eigenvalue weighted by molar-refractivity contribution is 5.81. The van der Waals surface area contributed by atoms with E-state index in [2.05, 4.69) is 18.7 Å². The van der Waals surface area contributed by atoms with Crippen molar-refractivity contribution in [1.29, 1.82) is 0 Å². The molecule has 104 valence electrons. The Hall–Kier alpha value is -1.35. The summed E-state index contributed by atoms with van der Waals surface area (Å²) in [6, 6.07) is 10.2. The molecule has 0 bridgehead atoms. The third kappa shape index (κ3) is 2.66. The zero-order valence-corrected chi connectivity index (χ0v) is 11.8. The van der Waals surface area contributed by atoms with E-state index in [-0.39, 0.29) is 0 Å². The summed E-state index contributed by atoms with van der Waals surface area (Å²) in [5, 5.41) is 9.71. The maximum absolute atomic E-state index is 11.8. The van der Waals surface area contributed by atoms with Gasteiger partial charge in [0.15, 0.2) is 0 Å². The number of carboxylic acid groups (broad SMARTS) is 1. The molecule has 2 rings (SSSR count). The van der Waals surface area contributed by atoms with Crippen LogP contribution in [-0.4, -0.2) is 35.1 Å². The zero-order chi connectivity index (χ0) is 13.9. The molecule has 3 nitrogen and oxygen atoms in total. The minimum Gasteiger partial charge on any atom is -0.481 e. The minimum absolute atomic E-state index is 0.544. The number of hydrogen-bond donors (Lipinski definition) is 1. The third-order valence-electron chi connectivity index (χ3n) is 4.60. The number of rotatable bonds is 4. The Bertz CT molecular complexity index is 422. The van der Waals surface area contributed by atoms with E-state index >= 15 is 0 Å². The SMILES string of the molecule is CCC(C)N1CCC(C(=O)O)(c2ccccc2)CC1. The van der Waals surface area contributed by atoms with Crippen LogP contribution in [0.25, 0.3) is 0 Å². The lowest BCUT2D eigenvalue weighted by Crippen LogP contribution is -2.49. The summed E-state index contributed by atoms with van der Waals surface area (Å²) in [6.07, 6.45) is 2.53. The number of carboxylic acids is 1. The minimum atomic E-state index is -0.689. The van der Waals surface area contributed by atoms with Crippen molar-refractivity contribution in [2.75, 3.05) is 13.1 Å². The molecule has 1 saturated heterocycles. The van der Waals surface area contributed by atoms with Crippen LogP contribution in [-0.2, 0) is 10.2 Å². The standard InChI is InChI=1S/C16H23NO2/c1-3-13(2)17-11-9-16(10-12-17,15(18)19)14-7-5-4-6-8-14/h4-8,13H,3,9-12H2,1-2H3,(H,18,19). The van der Waals surface area contributed by atoms with E-state index in [4.69, 9.17) is 0 Å². The Labute approximate surface area is 115 Å². The number of likely N-dealkylation sites (tertiary alicyclic amines) is 1. The van der Waals surface area contributed by atoms with Crippen LogP contribution in [0, 0.1) is 0 Å². The highest BCUT2D eigenvalue weighted by Gasteiger charge is 2.43. The van der Waals surface area contributed by atoms with Crippen LogP contribution in [0.1, 0.15) is 38.7 Å². The van der Waals surface area contributed by atoms with Gasteiger partial charge in [-0.1, -0.05) is 37.3 Å². The van der Waals surface area contributed by atoms with E-state index in [0.717, 1.165) is 25.1 Å². The molecule has 0 aliphatic carbocycles. The highest BCUT2D eigenvalue weighted by atomic mass is 16.4. The third-order valence-corrected chi connectivity index (χ3v) is 4.60. The van der Waals surface area contributed by atoms with Gasteiger partial charge < -0.3 is 10.0 Å². The highest BCUT2D eigenvalue weighted by Crippen LogP contribution is 2.36. The number of aliphatic carboxylic acids is 1. The lowest BCUT2D eigenvalue weighted by Gasteiger charge is -2.41. The van der Waals surface area contributed by atoms with Gasteiger partial charge in [0.1, 0.15) is 0 Å². The maximum atomic E-state index is 11.8. The molecule has 0 spiro atoms. The molecule has 1 fully saturated rings. The van der Waals surface area contributed by atoms with Gasteiger partial charge in [-0.15, -0.1) is 0 Å². The van der Waals surface area contributed by atoms with Crippen LogP contribution in [0.4, 0.5) is 0 Å². The van der Waals surface area contributed by atoms with Gasteiger partial charge in [-0.25, -0.2) is 0 Å². The Morgan fingerprint density at radius 2 is 1.89 bits per heavy atom. The number of hydrogen-bond acceptors (Lipinski definition) is 2. The van der Waals surface area contributed by atoms with Crippen molar-refractivity contribution in [2.45, 2.75) is 44.6 Å². The molecular formula is C16H23NO2. The zero-order valence-electron chi connectivity index (χ0n) is 11.8. The second-order valence-electron chi connectivity index (χ2n) is 5.55. The molecule has 1 N–H and O–H groups in total. The van der Waals surface area contributed by atoms with Crippen LogP contribution in [0.15, 0.2) is 30.3 Å². The van der Waals surface area contributed by atoms with Gasteiger partial charge >= 0.3 is 5.97 Å². The Morgan fingerprint density at radius 3 is 2.37 bits per heavy atom. The summed E-state index contributed by atoms with van der Waals surface area (Å²) in [4.78, 5) is 14.2. The lowest BCUT2D eigenvalue weighted by molar-refractivity contribution is -0.146. The molecule has 3 heteroatoms. The number of carbonyl (C=O) groups is 1. The summed E-state index contributed by atoms with van der Waals surface area (Å²) in [6.45, 7) is 6.14. The smallest absolute Gasteiger partial charge is 0.314 e. The Balaban J connectivity index is 2.19. The van der Waals surface area contributed by atoms with Gasteiger partial charge in [-0.05, 0) is 44.8 Å². The van der Waals surface area contributed by atoms with Gasteiger partial charge in [0.25, 0.3) is 0 Å². The predicted octanol–water partition coefficient (Wildman–Crippen LogP) is 2.90. The molecule has 1 heterocycles. The largest absolute Gasteiger partial charge is 0.481 e. The van der Waals surface area contributed by atoms with E-state index < -0.39 is 11.4 Å². The molecule has 0 amide bonds. The molecule has 0 radical (unpaired) electrons.